The van der Waals surface area contributed by atoms with E-state index in [0.717, 1.165) is 13.1 Å². The lowest BCUT2D eigenvalue weighted by molar-refractivity contribution is 0.0551. The van der Waals surface area contributed by atoms with Crippen LogP contribution in [0.1, 0.15) is 32.6 Å². The Balaban J connectivity index is 1.82. The van der Waals surface area contributed by atoms with E-state index in [2.05, 4.69) is 16.9 Å². The van der Waals surface area contributed by atoms with E-state index < -0.39 is 0 Å². The van der Waals surface area contributed by atoms with Gasteiger partial charge in [-0.3, -0.25) is 9.58 Å². The maximum Gasteiger partial charge on any atom is 0.0862 e. The molecule has 96 valence electrons. The Hall–Kier alpha value is -0.870. The number of hydrogen-bond donors (Lipinski definition) is 1. The Morgan fingerprint density at radius 1 is 1.41 bits per heavy atom. The summed E-state index contributed by atoms with van der Waals surface area (Å²) in [5.41, 5.74) is 0. The third-order valence-electron chi connectivity index (χ3n) is 3.62. The van der Waals surface area contributed by atoms with Crippen molar-refractivity contribution in [2.75, 3.05) is 13.1 Å². The normalized spacial score (nSPS) is 23.8. The molecule has 2 heterocycles. The highest BCUT2D eigenvalue weighted by Crippen LogP contribution is 2.19. The first-order valence-corrected chi connectivity index (χ1v) is 6.69. The molecule has 1 aliphatic heterocycles. The molecule has 4 heteroatoms. The fourth-order valence-electron chi connectivity index (χ4n) is 2.72. The minimum atomic E-state index is -0.318. The molecule has 2 atom stereocenters. The number of likely N-dealkylation sites (tertiary alicyclic amines) is 1. The molecule has 4 nitrogen and oxygen atoms in total. The Labute approximate surface area is 103 Å². The average molecular weight is 237 g/mol. The predicted molar refractivity (Wildman–Crippen MR) is 67.7 cm³/mol. The van der Waals surface area contributed by atoms with Crippen molar-refractivity contribution in [3.63, 3.8) is 0 Å². The van der Waals surface area contributed by atoms with Crippen molar-refractivity contribution in [2.24, 2.45) is 0 Å². The van der Waals surface area contributed by atoms with Gasteiger partial charge in [-0.2, -0.15) is 5.10 Å². The van der Waals surface area contributed by atoms with E-state index in [4.69, 9.17) is 0 Å². The van der Waals surface area contributed by atoms with E-state index in [0.29, 0.717) is 12.6 Å². The van der Waals surface area contributed by atoms with Gasteiger partial charge in [0.2, 0.25) is 0 Å². The van der Waals surface area contributed by atoms with Crippen molar-refractivity contribution >= 4 is 0 Å². The van der Waals surface area contributed by atoms with E-state index in [1.54, 1.807) is 10.9 Å². The zero-order chi connectivity index (χ0) is 12.1. The maximum absolute atomic E-state index is 10.1. The van der Waals surface area contributed by atoms with Crippen LogP contribution in [0.2, 0.25) is 0 Å². The Morgan fingerprint density at radius 2 is 2.29 bits per heavy atom. The zero-order valence-corrected chi connectivity index (χ0v) is 10.6. The van der Waals surface area contributed by atoms with Crippen molar-refractivity contribution in [3.8, 4) is 0 Å². The Kier molecular flexibility index (Phi) is 4.57. The topological polar surface area (TPSA) is 41.3 Å². The van der Waals surface area contributed by atoms with Gasteiger partial charge in [0.05, 0.1) is 12.6 Å². The van der Waals surface area contributed by atoms with Crippen LogP contribution in [0, 0.1) is 0 Å². The number of aromatic nitrogens is 2. The quantitative estimate of drug-likeness (QED) is 0.844. The Morgan fingerprint density at radius 3 is 3.00 bits per heavy atom. The summed E-state index contributed by atoms with van der Waals surface area (Å²) in [6.45, 7) is 4.75. The maximum atomic E-state index is 10.1. The fourth-order valence-corrected chi connectivity index (χ4v) is 2.72. The first-order chi connectivity index (χ1) is 8.29. The second kappa shape index (κ2) is 6.17. The minimum Gasteiger partial charge on any atom is -0.390 e. The summed E-state index contributed by atoms with van der Waals surface area (Å²) >= 11 is 0. The van der Waals surface area contributed by atoms with Crippen LogP contribution < -0.4 is 0 Å². The lowest BCUT2D eigenvalue weighted by Gasteiger charge is -2.36. The number of aliphatic hydroxyl groups excluding tert-OH is 1. The number of piperidine rings is 1. The van der Waals surface area contributed by atoms with Gasteiger partial charge in [0.1, 0.15) is 0 Å². The Bertz CT molecular complexity index is 312. The van der Waals surface area contributed by atoms with E-state index in [-0.39, 0.29) is 6.10 Å². The summed E-state index contributed by atoms with van der Waals surface area (Å²) in [4.78, 5) is 2.44. The summed E-state index contributed by atoms with van der Waals surface area (Å²) in [5, 5.41) is 14.2. The van der Waals surface area contributed by atoms with Crippen molar-refractivity contribution in [1.29, 1.82) is 0 Å². The van der Waals surface area contributed by atoms with Crippen molar-refractivity contribution < 1.29 is 5.11 Å². The molecular weight excluding hydrogens is 214 g/mol. The molecule has 0 spiro atoms. The van der Waals surface area contributed by atoms with Gasteiger partial charge in [-0.1, -0.05) is 13.3 Å². The zero-order valence-electron chi connectivity index (χ0n) is 10.6. The first kappa shape index (κ1) is 12.6. The molecule has 1 aromatic rings. The van der Waals surface area contributed by atoms with Crippen LogP contribution in [-0.4, -0.2) is 45.0 Å². The van der Waals surface area contributed by atoms with Crippen LogP contribution in [0.5, 0.6) is 0 Å². The number of aliphatic hydroxyl groups is 1. The molecule has 1 N–H and O–H groups in total. The molecule has 0 bridgehead atoms. The molecule has 0 saturated carbocycles. The SMILES string of the molecule is CC[C@@H]1CCCCN1C[C@@H](O)Cn1cccn1. The van der Waals surface area contributed by atoms with Gasteiger partial charge in [-0.15, -0.1) is 0 Å². The molecule has 1 aromatic heterocycles. The number of hydrogen-bond acceptors (Lipinski definition) is 3. The standard InChI is InChI=1S/C13H23N3O/c1-2-12-6-3-4-8-15(12)10-13(17)11-16-9-5-7-14-16/h5,7,9,12-13,17H,2-4,6,8,10-11H2,1H3/t12-,13-/m1/s1. The number of nitrogens with zero attached hydrogens (tertiary/aromatic N) is 3. The fraction of sp³-hybridized carbons (Fsp3) is 0.769. The van der Waals surface area contributed by atoms with E-state index in [1.165, 1.54) is 25.7 Å². The summed E-state index contributed by atoms with van der Waals surface area (Å²) in [5.74, 6) is 0. The summed E-state index contributed by atoms with van der Waals surface area (Å²) < 4.78 is 1.80. The lowest BCUT2D eigenvalue weighted by Crippen LogP contribution is -2.44. The molecule has 0 aliphatic carbocycles. The van der Waals surface area contributed by atoms with Crippen molar-refractivity contribution in [3.05, 3.63) is 18.5 Å². The molecule has 2 rings (SSSR count). The molecule has 0 aromatic carbocycles. The number of β-amino-alcohol motifs (C(OH)–C–C–N with tert-alkyl or cyclic N) is 1. The molecular formula is C13H23N3O. The third kappa shape index (κ3) is 3.54. The van der Waals surface area contributed by atoms with Gasteiger partial charge in [-0.05, 0) is 31.9 Å². The minimum absolute atomic E-state index is 0.318. The molecule has 1 aliphatic rings. The van der Waals surface area contributed by atoms with Crippen LogP contribution in [-0.2, 0) is 6.54 Å². The summed E-state index contributed by atoms with van der Waals surface area (Å²) in [6, 6.07) is 2.55. The highest BCUT2D eigenvalue weighted by atomic mass is 16.3. The van der Waals surface area contributed by atoms with Gasteiger partial charge in [0, 0.05) is 25.0 Å². The van der Waals surface area contributed by atoms with E-state index in [1.807, 2.05) is 12.3 Å². The predicted octanol–water partition coefficient (Wildman–Crippen LogP) is 1.51. The van der Waals surface area contributed by atoms with Gasteiger partial charge in [0.25, 0.3) is 0 Å². The van der Waals surface area contributed by atoms with Gasteiger partial charge in [-0.25, -0.2) is 0 Å². The third-order valence-corrected chi connectivity index (χ3v) is 3.62. The molecule has 1 fully saturated rings. The summed E-state index contributed by atoms with van der Waals surface area (Å²) in [6.07, 6.45) is 8.41. The number of rotatable bonds is 5. The van der Waals surface area contributed by atoms with Gasteiger partial charge >= 0.3 is 0 Å². The monoisotopic (exact) mass is 237 g/mol. The first-order valence-electron chi connectivity index (χ1n) is 6.69. The van der Waals surface area contributed by atoms with E-state index >= 15 is 0 Å². The van der Waals surface area contributed by atoms with Crippen LogP contribution >= 0.6 is 0 Å². The van der Waals surface area contributed by atoms with Crippen molar-refractivity contribution in [2.45, 2.75) is 51.3 Å². The van der Waals surface area contributed by atoms with Gasteiger partial charge < -0.3 is 5.11 Å². The molecule has 0 unspecified atom stereocenters. The van der Waals surface area contributed by atoms with Crippen LogP contribution in [0.4, 0.5) is 0 Å². The second-order valence-electron chi connectivity index (χ2n) is 4.93. The molecule has 0 radical (unpaired) electrons. The van der Waals surface area contributed by atoms with Crippen molar-refractivity contribution in [1.82, 2.24) is 14.7 Å². The molecule has 17 heavy (non-hydrogen) atoms. The van der Waals surface area contributed by atoms with Crippen LogP contribution in [0.15, 0.2) is 18.5 Å². The van der Waals surface area contributed by atoms with Crippen LogP contribution in [0.25, 0.3) is 0 Å². The lowest BCUT2D eigenvalue weighted by atomic mass is 9.99. The summed E-state index contributed by atoms with van der Waals surface area (Å²) in [7, 11) is 0. The largest absolute Gasteiger partial charge is 0.390 e. The average Bonchev–Trinajstić information content (AvgIpc) is 2.82. The smallest absolute Gasteiger partial charge is 0.0862 e. The molecule has 1 saturated heterocycles. The molecule has 0 amide bonds. The van der Waals surface area contributed by atoms with Crippen LogP contribution in [0.3, 0.4) is 0 Å². The van der Waals surface area contributed by atoms with Gasteiger partial charge in [0.15, 0.2) is 0 Å². The highest BCUT2D eigenvalue weighted by molar-refractivity contribution is 4.81. The van der Waals surface area contributed by atoms with E-state index in [9.17, 15) is 5.11 Å². The second-order valence-corrected chi connectivity index (χ2v) is 4.93. The highest BCUT2D eigenvalue weighted by Gasteiger charge is 2.22.